The van der Waals surface area contributed by atoms with Crippen molar-refractivity contribution in [3.05, 3.63) is 189 Å². The van der Waals surface area contributed by atoms with Crippen molar-refractivity contribution in [2.75, 3.05) is 9.80 Å². The minimum Gasteiger partial charge on any atom is -0.310 e. The largest absolute Gasteiger partial charge is 0.310 e. The number of hydrogen-bond acceptors (Lipinski definition) is 2. The van der Waals surface area contributed by atoms with E-state index in [1.807, 2.05) is 149 Å². The summed E-state index contributed by atoms with van der Waals surface area (Å²) in [6, 6.07) is 39.3. The van der Waals surface area contributed by atoms with Gasteiger partial charge in [-0.05, 0) is 160 Å². The molecule has 0 aliphatic carbocycles. The van der Waals surface area contributed by atoms with Crippen LogP contribution in [0.5, 0.6) is 0 Å². The van der Waals surface area contributed by atoms with Crippen LogP contribution in [0.1, 0.15) is 44.5 Å². The number of rotatable bonds is 8. The summed E-state index contributed by atoms with van der Waals surface area (Å²) in [5, 5.41) is 0. The van der Waals surface area contributed by atoms with Crippen molar-refractivity contribution in [2.45, 2.75) is 55.4 Å². The molecule has 0 heterocycles. The molecule has 0 fully saturated rings. The molecule has 282 valence electrons. The average Bonchev–Trinajstić information content (AvgIpc) is 3.22. The van der Waals surface area contributed by atoms with Gasteiger partial charge in [0.25, 0.3) is 0 Å². The maximum absolute atomic E-state index is 16.8. The van der Waals surface area contributed by atoms with E-state index in [-0.39, 0.29) is 11.1 Å². The summed E-state index contributed by atoms with van der Waals surface area (Å²) in [5.41, 5.74) is 9.13. The zero-order valence-corrected chi connectivity index (χ0v) is 33.0. The number of halogens is 4. The summed E-state index contributed by atoms with van der Waals surface area (Å²) in [6.07, 6.45) is 0. The highest BCUT2D eigenvalue weighted by Gasteiger charge is 2.33. The molecule has 0 atom stereocenters. The molecule has 0 aromatic heterocycles. The van der Waals surface area contributed by atoms with Crippen molar-refractivity contribution in [1.29, 1.82) is 0 Å². The van der Waals surface area contributed by atoms with Crippen molar-refractivity contribution >= 4 is 34.1 Å². The van der Waals surface area contributed by atoms with Gasteiger partial charge in [0.05, 0.1) is 22.5 Å². The summed E-state index contributed by atoms with van der Waals surface area (Å²) in [5.74, 6) is -5.69. The molecule has 0 aliphatic heterocycles. The van der Waals surface area contributed by atoms with Crippen molar-refractivity contribution in [3.63, 3.8) is 0 Å². The molecule has 7 rings (SSSR count). The van der Waals surface area contributed by atoms with Gasteiger partial charge in [-0.15, -0.1) is 0 Å². The normalized spacial score (nSPS) is 11.2. The SMILES string of the molecule is Cc1c(C)c(N(c2ccccc2)c2ccccc2)c(C)c(C)c1-c1c(F)c(F)c(-c2c(C)c(C)c(N(c3ccccc3)c3ccccc3)c(C)c2C)c(F)c1F. The molecule has 0 unspecified atom stereocenters. The van der Waals surface area contributed by atoms with E-state index in [2.05, 4.69) is 9.80 Å². The molecule has 0 saturated heterocycles. The molecule has 0 spiro atoms. The van der Waals surface area contributed by atoms with E-state index in [1.54, 1.807) is 27.7 Å². The summed E-state index contributed by atoms with van der Waals surface area (Å²) in [7, 11) is 0. The zero-order chi connectivity index (χ0) is 40.0. The lowest BCUT2D eigenvalue weighted by Crippen LogP contribution is -2.16. The van der Waals surface area contributed by atoms with Crippen LogP contribution in [0.25, 0.3) is 22.3 Å². The Morgan fingerprint density at radius 3 is 0.661 bits per heavy atom. The van der Waals surface area contributed by atoms with Crippen LogP contribution >= 0.6 is 0 Å². The molecule has 7 aromatic rings. The van der Waals surface area contributed by atoms with Gasteiger partial charge >= 0.3 is 0 Å². The van der Waals surface area contributed by atoms with E-state index < -0.39 is 34.4 Å². The Balaban J connectivity index is 1.43. The number of para-hydroxylation sites is 4. The molecular formula is C50H44F4N2. The van der Waals surface area contributed by atoms with Crippen LogP contribution in [0.2, 0.25) is 0 Å². The minimum atomic E-state index is -1.42. The highest BCUT2D eigenvalue weighted by molar-refractivity contribution is 5.90. The predicted octanol–water partition coefficient (Wildman–Crippen LogP) is 15.0. The number of hydrogen-bond donors (Lipinski definition) is 0. The quantitative estimate of drug-likeness (QED) is 0.113. The maximum atomic E-state index is 16.8. The monoisotopic (exact) mass is 748 g/mol. The molecule has 56 heavy (non-hydrogen) atoms. The Kier molecular flexibility index (Phi) is 10.3. The Labute approximate surface area is 327 Å². The summed E-state index contributed by atoms with van der Waals surface area (Å²) in [6.45, 7) is 14.5. The molecule has 0 radical (unpaired) electrons. The van der Waals surface area contributed by atoms with Crippen LogP contribution in [-0.4, -0.2) is 0 Å². The number of anilines is 6. The highest BCUT2D eigenvalue weighted by atomic mass is 19.2. The lowest BCUT2D eigenvalue weighted by molar-refractivity contribution is 0.462. The van der Waals surface area contributed by atoms with Gasteiger partial charge in [0.2, 0.25) is 0 Å². The standard InChI is InChI=1S/C50H44F4N2/c1-29-33(5)49(55(37-21-13-9-14-22-37)38-23-15-10-16-24-38)34(6)30(2)41(29)43-45(51)47(53)44(48(54)46(43)52)42-31(3)35(7)50(36(8)32(42)4)56(39-25-17-11-18-26-39)40-27-19-12-20-28-40/h9-28H,1-8H3. The minimum absolute atomic E-state index is 0.140. The molecular weight excluding hydrogens is 705 g/mol. The Morgan fingerprint density at radius 1 is 0.268 bits per heavy atom. The van der Waals surface area contributed by atoms with E-state index in [4.69, 9.17) is 0 Å². The van der Waals surface area contributed by atoms with Gasteiger partial charge in [-0.25, -0.2) is 17.6 Å². The smallest absolute Gasteiger partial charge is 0.170 e. The van der Waals surface area contributed by atoms with Crippen molar-refractivity contribution < 1.29 is 17.6 Å². The Bertz CT molecular complexity index is 2240. The van der Waals surface area contributed by atoms with E-state index >= 15 is 17.6 Å². The zero-order valence-electron chi connectivity index (χ0n) is 33.0. The van der Waals surface area contributed by atoms with Crippen LogP contribution in [0.4, 0.5) is 51.7 Å². The van der Waals surface area contributed by atoms with Crippen LogP contribution in [0, 0.1) is 78.7 Å². The van der Waals surface area contributed by atoms with Crippen LogP contribution in [-0.2, 0) is 0 Å². The van der Waals surface area contributed by atoms with E-state index in [0.717, 1.165) is 56.4 Å². The molecule has 0 aliphatic rings. The van der Waals surface area contributed by atoms with Crippen LogP contribution in [0.15, 0.2) is 121 Å². The number of nitrogens with zero attached hydrogens (tertiary/aromatic N) is 2. The highest BCUT2D eigenvalue weighted by Crippen LogP contribution is 2.49. The van der Waals surface area contributed by atoms with Crippen molar-refractivity contribution in [2.24, 2.45) is 0 Å². The third-order valence-electron chi connectivity index (χ3n) is 11.4. The maximum Gasteiger partial charge on any atom is 0.170 e. The second-order valence-electron chi connectivity index (χ2n) is 14.5. The molecule has 2 nitrogen and oxygen atoms in total. The molecule has 7 aromatic carbocycles. The van der Waals surface area contributed by atoms with Gasteiger partial charge in [-0.2, -0.15) is 0 Å². The van der Waals surface area contributed by atoms with E-state index in [0.29, 0.717) is 22.3 Å². The van der Waals surface area contributed by atoms with Crippen LogP contribution < -0.4 is 9.80 Å². The fourth-order valence-corrected chi connectivity index (χ4v) is 8.20. The first-order valence-electron chi connectivity index (χ1n) is 18.7. The van der Waals surface area contributed by atoms with E-state index in [9.17, 15) is 0 Å². The molecule has 0 amide bonds. The first-order valence-corrected chi connectivity index (χ1v) is 18.7. The van der Waals surface area contributed by atoms with Gasteiger partial charge in [0.15, 0.2) is 23.3 Å². The van der Waals surface area contributed by atoms with Gasteiger partial charge < -0.3 is 9.80 Å². The average molecular weight is 749 g/mol. The second kappa shape index (κ2) is 15.2. The fourth-order valence-electron chi connectivity index (χ4n) is 8.20. The molecule has 6 heteroatoms. The van der Waals surface area contributed by atoms with Gasteiger partial charge in [-0.3, -0.25) is 0 Å². The fraction of sp³-hybridized carbons (Fsp3) is 0.160. The van der Waals surface area contributed by atoms with Gasteiger partial charge in [0, 0.05) is 22.7 Å². The first-order chi connectivity index (χ1) is 26.9. The topological polar surface area (TPSA) is 6.48 Å². The Hall–Kier alpha value is -6.14. The van der Waals surface area contributed by atoms with Gasteiger partial charge in [0.1, 0.15) is 0 Å². The molecule has 0 saturated carbocycles. The van der Waals surface area contributed by atoms with Gasteiger partial charge in [-0.1, -0.05) is 72.8 Å². The van der Waals surface area contributed by atoms with Crippen LogP contribution in [0.3, 0.4) is 0 Å². The summed E-state index contributed by atoms with van der Waals surface area (Å²) < 4.78 is 67.2. The second-order valence-corrected chi connectivity index (χ2v) is 14.5. The Morgan fingerprint density at radius 2 is 0.464 bits per heavy atom. The lowest BCUT2D eigenvalue weighted by Gasteiger charge is -2.32. The van der Waals surface area contributed by atoms with E-state index in [1.165, 1.54) is 0 Å². The third-order valence-corrected chi connectivity index (χ3v) is 11.4. The summed E-state index contributed by atoms with van der Waals surface area (Å²) in [4.78, 5) is 4.20. The number of benzene rings is 7. The van der Waals surface area contributed by atoms with Crippen molar-refractivity contribution in [1.82, 2.24) is 0 Å². The summed E-state index contributed by atoms with van der Waals surface area (Å²) >= 11 is 0. The molecule has 0 N–H and O–H groups in total. The molecule has 0 bridgehead atoms. The first kappa shape index (κ1) is 38.1. The lowest BCUT2D eigenvalue weighted by atomic mass is 9.83. The van der Waals surface area contributed by atoms with Crippen molar-refractivity contribution in [3.8, 4) is 22.3 Å². The predicted molar refractivity (Wildman–Crippen MR) is 224 cm³/mol. The third kappa shape index (κ3) is 6.23.